The molecule has 4 nitrogen and oxygen atoms in total. The molecular formula is C20H17N3O. The molecule has 0 aliphatic rings. The monoisotopic (exact) mass is 315 g/mol. The number of aromatic nitrogens is 2. The van der Waals surface area contributed by atoms with Gasteiger partial charge in [0.2, 0.25) is 0 Å². The molecule has 0 spiro atoms. The molecule has 1 aromatic heterocycles. The maximum absolute atomic E-state index is 5.91. The molecule has 0 fully saturated rings. The molecule has 1 heterocycles. The van der Waals surface area contributed by atoms with Crippen LogP contribution in [0.4, 0.5) is 5.82 Å². The van der Waals surface area contributed by atoms with E-state index < -0.39 is 0 Å². The number of fused-ring (bicyclic) bond motifs is 1. The zero-order valence-corrected chi connectivity index (χ0v) is 13.1. The van der Waals surface area contributed by atoms with Crippen LogP contribution < -0.4 is 10.5 Å². The molecule has 0 atom stereocenters. The lowest BCUT2D eigenvalue weighted by Gasteiger charge is -2.08. The van der Waals surface area contributed by atoms with Gasteiger partial charge in [-0.15, -0.1) is 0 Å². The van der Waals surface area contributed by atoms with E-state index in [9.17, 15) is 0 Å². The SMILES string of the molecule is Nc1n[nH]c2cc(-c3cccc(OCc4ccccc4)c3)ccc12. The van der Waals surface area contributed by atoms with Crippen LogP contribution in [0, 0.1) is 0 Å². The van der Waals surface area contributed by atoms with Crippen LogP contribution in [-0.4, -0.2) is 10.2 Å². The van der Waals surface area contributed by atoms with E-state index in [1.54, 1.807) is 0 Å². The van der Waals surface area contributed by atoms with Crippen LogP contribution >= 0.6 is 0 Å². The number of benzene rings is 3. The Balaban J connectivity index is 1.59. The highest BCUT2D eigenvalue weighted by atomic mass is 16.5. The van der Waals surface area contributed by atoms with Gasteiger partial charge >= 0.3 is 0 Å². The Morgan fingerprint density at radius 2 is 1.71 bits per heavy atom. The van der Waals surface area contributed by atoms with E-state index in [1.807, 2.05) is 48.5 Å². The molecule has 0 aliphatic heterocycles. The maximum Gasteiger partial charge on any atom is 0.153 e. The molecular weight excluding hydrogens is 298 g/mol. The number of nitrogen functional groups attached to an aromatic ring is 1. The molecule has 0 aliphatic carbocycles. The van der Waals surface area contributed by atoms with E-state index in [4.69, 9.17) is 10.5 Å². The fourth-order valence-electron chi connectivity index (χ4n) is 2.73. The largest absolute Gasteiger partial charge is 0.489 e. The maximum atomic E-state index is 5.91. The van der Waals surface area contributed by atoms with Crippen LogP contribution in [0.25, 0.3) is 22.0 Å². The number of nitrogens with one attached hydrogen (secondary N) is 1. The van der Waals surface area contributed by atoms with E-state index >= 15 is 0 Å². The Kier molecular flexibility index (Phi) is 3.63. The number of nitrogens with two attached hydrogens (primary N) is 1. The second kappa shape index (κ2) is 6.08. The summed E-state index contributed by atoms with van der Waals surface area (Å²) < 4.78 is 5.91. The van der Waals surface area contributed by atoms with Crippen molar-refractivity contribution in [2.24, 2.45) is 0 Å². The van der Waals surface area contributed by atoms with E-state index in [2.05, 4.69) is 34.5 Å². The fourth-order valence-corrected chi connectivity index (χ4v) is 2.73. The number of hydrogen-bond donors (Lipinski definition) is 2. The minimum Gasteiger partial charge on any atom is -0.489 e. The second-order valence-corrected chi connectivity index (χ2v) is 5.67. The first-order valence-corrected chi connectivity index (χ1v) is 7.80. The number of rotatable bonds is 4. The summed E-state index contributed by atoms with van der Waals surface area (Å²) in [6.45, 7) is 0.556. The van der Waals surface area contributed by atoms with Gasteiger partial charge in [0.15, 0.2) is 5.82 Å². The smallest absolute Gasteiger partial charge is 0.153 e. The number of ether oxygens (including phenoxy) is 1. The summed E-state index contributed by atoms with van der Waals surface area (Å²) in [5, 5.41) is 7.93. The van der Waals surface area contributed by atoms with E-state index in [-0.39, 0.29) is 0 Å². The van der Waals surface area contributed by atoms with Gasteiger partial charge in [-0.25, -0.2) is 0 Å². The third-order valence-electron chi connectivity index (χ3n) is 4.01. The van der Waals surface area contributed by atoms with Crippen molar-refractivity contribution < 1.29 is 4.74 Å². The van der Waals surface area contributed by atoms with Gasteiger partial charge in [0, 0.05) is 5.39 Å². The van der Waals surface area contributed by atoms with Crippen LogP contribution in [0.3, 0.4) is 0 Å². The molecule has 0 unspecified atom stereocenters. The zero-order chi connectivity index (χ0) is 16.4. The molecule has 4 rings (SSSR count). The minimum absolute atomic E-state index is 0.525. The van der Waals surface area contributed by atoms with Gasteiger partial charge in [0.25, 0.3) is 0 Å². The molecule has 4 heteroatoms. The Hall–Kier alpha value is -3.27. The molecule has 4 aromatic rings. The van der Waals surface area contributed by atoms with E-state index in [1.165, 1.54) is 0 Å². The summed E-state index contributed by atoms with van der Waals surface area (Å²) in [7, 11) is 0. The van der Waals surface area contributed by atoms with Crippen LogP contribution in [0.2, 0.25) is 0 Å². The first-order valence-electron chi connectivity index (χ1n) is 7.80. The first-order chi connectivity index (χ1) is 11.8. The highest BCUT2D eigenvalue weighted by Gasteiger charge is 2.05. The lowest BCUT2D eigenvalue weighted by atomic mass is 10.0. The summed E-state index contributed by atoms with van der Waals surface area (Å²) in [6, 6.07) is 24.3. The summed E-state index contributed by atoms with van der Waals surface area (Å²) in [5.74, 6) is 1.37. The topological polar surface area (TPSA) is 63.9 Å². The normalized spacial score (nSPS) is 10.8. The second-order valence-electron chi connectivity index (χ2n) is 5.67. The van der Waals surface area contributed by atoms with E-state index in [0.717, 1.165) is 33.3 Å². The lowest BCUT2D eigenvalue weighted by molar-refractivity contribution is 0.306. The molecule has 0 radical (unpaired) electrons. The molecule has 3 aromatic carbocycles. The van der Waals surface area contributed by atoms with Crippen LogP contribution in [-0.2, 0) is 6.61 Å². The van der Waals surface area contributed by atoms with Crippen molar-refractivity contribution >= 4 is 16.7 Å². The van der Waals surface area contributed by atoms with Crippen molar-refractivity contribution in [2.45, 2.75) is 6.61 Å². The van der Waals surface area contributed by atoms with Gasteiger partial charge in [-0.1, -0.05) is 48.5 Å². The standard InChI is InChI=1S/C20H17N3O/c21-20-18-10-9-16(12-19(18)22-23-20)15-7-4-8-17(11-15)24-13-14-5-2-1-3-6-14/h1-12H,13H2,(H3,21,22,23). The van der Waals surface area contributed by atoms with Crippen molar-refractivity contribution in [1.82, 2.24) is 10.2 Å². The van der Waals surface area contributed by atoms with Crippen LogP contribution in [0.5, 0.6) is 5.75 Å². The third kappa shape index (κ3) is 2.82. The summed E-state index contributed by atoms with van der Waals surface area (Å²) in [6.07, 6.45) is 0. The molecule has 24 heavy (non-hydrogen) atoms. The molecule has 118 valence electrons. The molecule has 0 saturated heterocycles. The fraction of sp³-hybridized carbons (Fsp3) is 0.0500. The number of H-pyrrole nitrogens is 1. The predicted molar refractivity (Wildman–Crippen MR) is 96.7 cm³/mol. The molecule has 0 saturated carbocycles. The number of anilines is 1. The summed E-state index contributed by atoms with van der Waals surface area (Å²) in [5.41, 5.74) is 10.1. The summed E-state index contributed by atoms with van der Waals surface area (Å²) >= 11 is 0. The predicted octanol–water partition coefficient (Wildman–Crippen LogP) is 4.39. The average molecular weight is 315 g/mol. The van der Waals surface area contributed by atoms with Crippen molar-refractivity contribution in [3.8, 4) is 16.9 Å². The van der Waals surface area contributed by atoms with Gasteiger partial charge < -0.3 is 10.5 Å². The number of hydrogen-bond acceptors (Lipinski definition) is 3. The van der Waals surface area contributed by atoms with Gasteiger partial charge in [-0.2, -0.15) is 5.10 Å². The molecule has 0 amide bonds. The summed E-state index contributed by atoms with van der Waals surface area (Å²) in [4.78, 5) is 0. The van der Waals surface area contributed by atoms with Gasteiger partial charge in [0.1, 0.15) is 12.4 Å². The number of aromatic amines is 1. The van der Waals surface area contributed by atoms with Crippen molar-refractivity contribution in [3.05, 3.63) is 78.4 Å². The zero-order valence-electron chi connectivity index (χ0n) is 13.1. The van der Waals surface area contributed by atoms with E-state index in [0.29, 0.717) is 12.4 Å². The minimum atomic E-state index is 0.525. The van der Waals surface area contributed by atoms with Crippen LogP contribution in [0.15, 0.2) is 72.8 Å². The first kappa shape index (κ1) is 14.3. The third-order valence-corrected chi connectivity index (χ3v) is 4.01. The lowest BCUT2D eigenvalue weighted by Crippen LogP contribution is -1.95. The van der Waals surface area contributed by atoms with Crippen molar-refractivity contribution in [2.75, 3.05) is 5.73 Å². The number of nitrogens with zero attached hydrogens (tertiary/aromatic N) is 1. The highest BCUT2D eigenvalue weighted by molar-refractivity contribution is 5.91. The van der Waals surface area contributed by atoms with Crippen molar-refractivity contribution in [1.29, 1.82) is 0 Å². The van der Waals surface area contributed by atoms with Crippen molar-refractivity contribution in [3.63, 3.8) is 0 Å². The molecule has 3 N–H and O–H groups in total. The van der Waals surface area contributed by atoms with Gasteiger partial charge in [-0.05, 0) is 41.0 Å². The Morgan fingerprint density at radius 3 is 2.58 bits per heavy atom. The Morgan fingerprint density at radius 1 is 0.875 bits per heavy atom. The van der Waals surface area contributed by atoms with Gasteiger partial charge in [-0.3, -0.25) is 5.10 Å². The van der Waals surface area contributed by atoms with Crippen LogP contribution in [0.1, 0.15) is 5.56 Å². The quantitative estimate of drug-likeness (QED) is 0.587. The highest BCUT2D eigenvalue weighted by Crippen LogP contribution is 2.28. The average Bonchev–Trinajstić information content (AvgIpc) is 3.02. The Bertz CT molecular complexity index is 977. The Labute approximate surface area is 139 Å². The van der Waals surface area contributed by atoms with Gasteiger partial charge in [0.05, 0.1) is 5.52 Å². The molecule has 0 bridgehead atoms.